The molecule has 0 spiro atoms. The number of aliphatic hydroxyl groups is 1. The number of ether oxygens (including phenoxy) is 1. The van der Waals surface area contributed by atoms with Gasteiger partial charge in [-0.3, -0.25) is 4.79 Å². The topological polar surface area (TPSA) is 83.9 Å². The summed E-state index contributed by atoms with van der Waals surface area (Å²) in [5.74, 6) is -1.02. The SMILES string of the molecule is CN1C(=O)CCc2cc(S(=O)(=O)c3cccc(C4(C)CC(O)CCO4)c3)c(F)cc21. The van der Waals surface area contributed by atoms with Crippen LogP contribution in [0.3, 0.4) is 0 Å². The molecule has 2 atom stereocenters. The summed E-state index contributed by atoms with van der Waals surface area (Å²) in [6.45, 7) is 2.19. The van der Waals surface area contributed by atoms with Gasteiger partial charge >= 0.3 is 0 Å². The van der Waals surface area contributed by atoms with Gasteiger partial charge in [-0.05, 0) is 55.2 Å². The molecular weight excluding hydrogens is 409 g/mol. The number of sulfone groups is 1. The van der Waals surface area contributed by atoms with Crippen molar-refractivity contribution in [1.82, 2.24) is 0 Å². The molecule has 2 heterocycles. The van der Waals surface area contributed by atoms with Crippen molar-refractivity contribution in [3.63, 3.8) is 0 Å². The van der Waals surface area contributed by atoms with E-state index in [1.165, 1.54) is 23.1 Å². The maximum absolute atomic E-state index is 14.9. The van der Waals surface area contributed by atoms with E-state index in [1.54, 1.807) is 19.2 Å². The Morgan fingerprint density at radius 1 is 1.23 bits per heavy atom. The summed E-state index contributed by atoms with van der Waals surface area (Å²) >= 11 is 0. The van der Waals surface area contributed by atoms with E-state index in [9.17, 15) is 22.7 Å². The Kier molecular flexibility index (Phi) is 5.20. The van der Waals surface area contributed by atoms with E-state index in [2.05, 4.69) is 0 Å². The van der Waals surface area contributed by atoms with Crippen molar-refractivity contribution >= 4 is 21.4 Å². The fourth-order valence-electron chi connectivity index (χ4n) is 4.20. The Balaban J connectivity index is 1.76. The molecule has 6 nitrogen and oxygen atoms in total. The molecule has 2 aliphatic heterocycles. The van der Waals surface area contributed by atoms with Gasteiger partial charge in [0.2, 0.25) is 15.7 Å². The van der Waals surface area contributed by atoms with Gasteiger partial charge in [-0.15, -0.1) is 0 Å². The molecule has 1 fully saturated rings. The first-order valence-corrected chi connectivity index (χ1v) is 11.4. The number of carbonyl (C=O) groups is 1. The van der Waals surface area contributed by atoms with Gasteiger partial charge < -0.3 is 14.7 Å². The number of hydrogen-bond acceptors (Lipinski definition) is 5. The minimum absolute atomic E-state index is 0.0380. The number of fused-ring (bicyclic) bond motifs is 1. The largest absolute Gasteiger partial charge is 0.393 e. The van der Waals surface area contributed by atoms with Crippen molar-refractivity contribution in [1.29, 1.82) is 0 Å². The Labute approximate surface area is 175 Å². The molecule has 2 aromatic carbocycles. The number of benzene rings is 2. The Morgan fingerprint density at radius 2 is 2.00 bits per heavy atom. The summed E-state index contributed by atoms with van der Waals surface area (Å²) in [4.78, 5) is 12.8. The first-order valence-electron chi connectivity index (χ1n) is 9.88. The van der Waals surface area contributed by atoms with Gasteiger partial charge in [-0.2, -0.15) is 0 Å². The fraction of sp³-hybridized carbons (Fsp3) is 0.409. The summed E-state index contributed by atoms with van der Waals surface area (Å²) in [5.41, 5.74) is 0.819. The monoisotopic (exact) mass is 433 g/mol. The van der Waals surface area contributed by atoms with E-state index in [1.807, 2.05) is 6.92 Å². The van der Waals surface area contributed by atoms with E-state index in [-0.39, 0.29) is 17.2 Å². The predicted octanol–water partition coefficient (Wildman–Crippen LogP) is 2.95. The number of aliphatic hydroxyl groups excluding tert-OH is 1. The summed E-state index contributed by atoms with van der Waals surface area (Å²) < 4.78 is 47.3. The Bertz CT molecular complexity index is 1120. The van der Waals surface area contributed by atoms with Crippen LogP contribution in [-0.2, 0) is 31.4 Å². The van der Waals surface area contributed by atoms with Gasteiger partial charge in [0.25, 0.3) is 0 Å². The highest BCUT2D eigenvalue weighted by molar-refractivity contribution is 7.91. The van der Waals surface area contributed by atoms with E-state index in [4.69, 9.17) is 4.74 Å². The van der Waals surface area contributed by atoms with Crippen LogP contribution in [0.15, 0.2) is 46.2 Å². The van der Waals surface area contributed by atoms with Crippen LogP contribution in [0.4, 0.5) is 10.1 Å². The minimum atomic E-state index is -4.13. The highest BCUT2D eigenvalue weighted by Crippen LogP contribution is 2.37. The minimum Gasteiger partial charge on any atom is -0.393 e. The lowest BCUT2D eigenvalue weighted by atomic mass is 9.87. The third-order valence-electron chi connectivity index (χ3n) is 6.02. The maximum Gasteiger partial charge on any atom is 0.227 e. The molecule has 1 N–H and O–H groups in total. The zero-order valence-corrected chi connectivity index (χ0v) is 17.7. The van der Waals surface area contributed by atoms with Gasteiger partial charge in [0.1, 0.15) is 10.7 Å². The molecule has 0 aliphatic carbocycles. The van der Waals surface area contributed by atoms with Crippen LogP contribution in [-0.4, -0.2) is 39.2 Å². The predicted molar refractivity (Wildman–Crippen MR) is 109 cm³/mol. The van der Waals surface area contributed by atoms with Crippen LogP contribution < -0.4 is 4.90 Å². The number of rotatable bonds is 3. The number of nitrogens with zero attached hydrogens (tertiary/aromatic N) is 1. The van der Waals surface area contributed by atoms with Crippen molar-refractivity contribution in [3.05, 3.63) is 53.3 Å². The van der Waals surface area contributed by atoms with E-state index >= 15 is 0 Å². The smallest absolute Gasteiger partial charge is 0.227 e. The van der Waals surface area contributed by atoms with Crippen molar-refractivity contribution in [2.24, 2.45) is 0 Å². The molecule has 2 unspecified atom stereocenters. The highest BCUT2D eigenvalue weighted by Gasteiger charge is 2.35. The normalized spacial score (nSPS) is 24.6. The lowest BCUT2D eigenvalue weighted by Gasteiger charge is -2.37. The molecule has 8 heteroatoms. The zero-order valence-electron chi connectivity index (χ0n) is 16.9. The molecule has 2 aliphatic rings. The number of hydrogen-bond donors (Lipinski definition) is 1. The third kappa shape index (κ3) is 3.53. The van der Waals surface area contributed by atoms with Crippen LogP contribution in [0, 0.1) is 5.82 Å². The van der Waals surface area contributed by atoms with Gasteiger partial charge in [0.05, 0.1) is 23.2 Å². The Morgan fingerprint density at radius 3 is 2.73 bits per heavy atom. The molecule has 1 amide bonds. The zero-order chi connectivity index (χ0) is 21.7. The molecule has 0 saturated carbocycles. The molecule has 0 aromatic heterocycles. The number of halogens is 1. The quantitative estimate of drug-likeness (QED) is 0.805. The summed E-state index contributed by atoms with van der Waals surface area (Å²) in [7, 11) is -2.58. The molecule has 160 valence electrons. The lowest BCUT2D eigenvalue weighted by molar-refractivity contribution is -0.118. The Hall–Kier alpha value is -2.29. The molecule has 4 rings (SSSR count). The first-order chi connectivity index (χ1) is 14.1. The van der Waals surface area contributed by atoms with Gasteiger partial charge in [-0.25, -0.2) is 12.8 Å². The first kappa shape index (κ1) is 21.0. The number of aryl methyl sites for hydroxylation is 1. The van der Waals surface area contributed by atoms with E-state index < -0.39 is 32.3 Å². The average Bonchev–Trinajstić information content (AvgIpc) is 2.71. The van der Waals surface area contributed by atoms with Crippen LogP contribution in [0.5, 0.6) is 0 Å². The molecule has 0 bridgehead atoms. The van der Waals surface area contributed by atoms with Crippen LogP contribution in [0.2, 0.25) is 0 Å². The molecule has 1 saturated heterocycles. The van der Waals surface area contributed by atoms with E-state index in [0.29, 0.717) is 42.7 Å². The summed E-state index contributed by atoms with van der Waals surface area (Å²) in [6.07, 6.45) is 0.976. The molecule has 30 heavy (non-hydrogen) atoms. The van der Waals surface area contributed by atoms with E-state index in [0.717, 1.165) is 6.07 Å². The van der Waals surface area contributed by atoms with Crippen molar-refractivity contribution in [2.75, 3.05) is 18.6 Å². The maximum atomic E-state index is 14.9. The lowest BCUT2D eigenvalue weighted by Crippen LogP contribution is -2.37. The van der Waals surface area contributed by atoms with Crippen molar-refractivity contribution in [2.45, 2.75) is 54.1 Å². The van der Waals surface area contributed by atoms with Crippen molar-refractivity contribution in [3.8, 4) is 0 Å². The van der Waals surface area contributed by atoms with Gasteiger partial charge in [0, 0.05) is 25.6 Å². The number of amides is 1. The number of carbonyl (C=O) groups excluding carboxylic acids is 1. The molecule has 0 radical (unpaired) electrons. The molecular formula is C22H24FNO5S. The van der Waals surface area contributed by atoms with Crippen LogP contribution >= 0.6 is 0 Å². The summed E-state index contributed by atoms with van der Waals surface area (Å²) in [5, 5.41) is 10.0. The average molecular weight is 434 g/mol. The second kappa shape index (κ2) is 7.44. The third-order valence-corrected chi connectivity index (χ3v) is 7.78. The molecule has 2 aromatic rings. The summed E-state index contributed by atoms with van der Waals surface area (Å²) in [6, 6.07) is 8.71. The second-order valence-corrected chi connectivity index (χ2v) is 10.0. The number of anilines is 1. The van der Waals surface area contributed by atoms with Gasteiger partial charge in [0.15, 0.2) is 0 Å². The highest BCUT2D eigenvalue weighted by atomic mass is 32.2. The second-order valence-electron chi connectivity index (χ2n) is 8.12. The fourth-order valence-corrected chi connectivity index (χ4v) is 5.61. The van der Waals surface area contributed by atoms with Crippen molar-refractivity contribution < 1.29 is 27.4 Å². The van der Waals surface area contributed by atoms with Crippen LogP contribution in [0.1, 0.15) is 37.3 Å². The van der Waals surface area contributed by atoms with Crippen LogP contribution in [0.25, 0.3) is 0 Å². The standard InChI is InChI=1S/C22H24FNO5S/c1-22(13-16(25)8-9-29-22)15-4-3-5-17(11-15)30(27,28)20-10-14-6-7-21(26)24(2)19(14)12-18(20)23/h3-5,10-12,16,25H,6-9,13H2,1-2H3. The van der Waals surface area contributed by atoms with Gasteiger partial charge in [-0.1, -0.05) is 12.1 Å².